The smallest absolute Gasteiger partial charge is 0.306 e. The van der Waals surface area contributed by atoms with Crippen LogP contribution in [0.15, 0.2) is 194 Å². The molecular formula is C74H93N3O12. The molecule has 2 aliphatic rings. The molecule has 1 heterocycles. The average Bonchev–Trinajstić information content (AvgIpc) is 0.895. The fourth-order valence-electron chi connectivity index (χ4n) is 11.6. The van der Waals surface area contributed by atoms with Crippen LogP contribution < -0.4 is 4.74 Å². The average molecular weight is 1220 g/mol. The lowest BCUT2D eigenvalue weighted by atomic mass is 9.83. The molecule has 1 aliphatic heterocycles. The molecule has 2 fully saturated rings. The summed E-state index contributed by atoms with van der Waals surface area (Å²) in [5, 5.41) is 4.45. The van der Waals surface area contributed by atoms with E-state index >= 15 is 0 Å². The van der Waals surface area contributed by atoms with Gasteiger partial charge in [0, 0.05) is 11.3 Å². The number of methoxy groups -OCH3 is 1. The van der Waals surface area contributed by atoms with Crippen LogP contribution in [0.4, 0.5) is 0 Å². The molecule has 15 heteroatoms. The van der Waals surface area contributed by atoms with Gasteiger partial charge in [0.2, 0.25) is 0 Å². The van der Waals surface area contributed by atoms with E-state index in [1.165, 1.54) is 57.8 Å². The van der Waals surface area contributed by atoms with Crippen molar-refractivity contribution in [3.8, 4) is 5.75 Å². The zero-order valence-electron chi connectivity index (χ0n) is 52.2. The maximum Gasteiger partial charge on any atom is 0.306 e. The topological polar surface area (TPSA) is 167 Å². The third kappa shape index (κ3) is 22.6. The largest absolute Gasteiger partial charge is 0.497 e. The molecule has 0 spiro atoms. The molecule has 0 unspecified atom stereocenters. The van der Waals surface area contributed by atoms with Crippen LogP contribution in [0.2, 0.25) is 0 Å². The van der Waals surface area contributed by atoms with Crippen LogP contribution in [0.3, 0.4) is 0 Å². The first-order chi connectivity index (χ1) is 43.9. The second kappa shape index (κ2) is 39.4. The van der Waals surface area contributed by atoms with Crippen molar-refractivity contribution in [2.75, 3.05) is 20.3 Å². The summed E-state index contributed by atoms with van der Waals surface area (Å²) >= 11 is 0. The predicted octanol–water partition coefficient (Wildman–Crippen LogP) is 15.9. The molecule has 0 amide bonds. The minimum atomic E-state index is -1.38. The number of hydrogen-bond donors (Lipinski definition) is 0. The summed E-state index contributed by atoms with van der Waals surface area (Å²) in [7, 11) is 1.62. The highest BCUT2D eigenvalue weighted by atomic mass is 16.7. The Kier molecular flexibility index (Phi) is 30.2. The summed E-state index contributed by atoms with van der Waals surface area (Å²) < 4.78 is 75.9. The van der Waals surface area contributed by atoms with Gasteiger partial charge in [0.1, 0.15) is 60.6 Å². The lowest BCUT2D eigenvalue weighted by molar-refractivity contribution is -0.339. The molecule has 1 saturated carbocycles. The maximum absolute atomic E-state index is 14.8. The number of carbonyl (C=O) groups is 1. The van der Waals surface area contributed by atoms with E-state index < -0.39 is 73.2 Å². The van der Waals surface area contributed by atoms with Gasteiger partial charge in [-0.2, -0.15) is 0 Å². The Hall–Kier alpha value is -6.72. The molecule has 0 radical (unpaired) electrons. The van der Waals surface area contributed by atoms with Crippen LogP contribution in [0.5, 0.6) is 5.75 Å². The van der Waals surface area contributed by atoms with Crippen LogP contribution >= 0.6 is 0 Å². The van der Waals surface area contributed by atoms with E-state index in [1.807, 2.05) is 176 Å². The van der Waals surface area contributed by atoms with Crippen LogP contribution in [-0.4, -0.2) is 93.6 Å². The first-order valence-corrected chi connectivity index (χ1v) is 32.2. The Labute approximate surface area is 527 Å². The molecule has 6 aromatic rings. The molecule has 0 aromatic heterocycles. The second-order valence-corrected chi connectivity index (χ2v) is 23.0. The minimum Gasteiger partial charge on any atom is -0.497 e. The molecule has 15 nitrogen and oxygen atoms in total. The number of azide groups is 1. The fraction of sp³-hybridized carbons (Fsp3) is 0.473. The zero-order valence-corrected chi connectivity index (χ0v) is 52.2. The third-order valence-corrected chi connectivity index (χ3v) is 16.3. The Bertz CT molecular complexity index is 2910. The fourth-order valence-corrected chi connectivity index (χ4v) is 11.6. The van der Waals surface area contributed by atoms with E-state index in [4.69, 9.17) is 52.1 Å². The number of unbranched alkanes of at least 4 members (excludes halogenated alkanes) is 12. The molecule has 0 bridgehead atoms. The van der Waals surface area contributed by atoms with E-state index in [1.54, 1.807) is 13.2 Å². The first-order valence-electron chi connectivity index (χ1n) is 32.2. The number of carbonyl (C=O) groups excluding carboxylic acids is 1. The van der Waals surface area contributed by atoms with E-state index in [-0.39, 0.29) is 59.3 Å². The highest BCUT2D eigenvalue weighted by molar-refractivity contribution is 5.69. The quantitative estimate of drug-likeness (QED) is 0.00891. The summed E-state index contributed by atoms with van der Waals surface area (Å²) in [5.74, 6) is 0.261. The number of benzene rings is 6. The highest BCUT2D eigenvalue weighted by Gasteiger charge is 2.59. The molecule has 6 aromatic carbocycles. The molecule has 8 rings (SSSR count). The van der Waals surface area contributed by atoms with Crippen molar-refractivity contribution in [1.82, 2.24) is 0 Å². The van der Waals surface area contributed by atoms with Gasteiger partial charge >= 0.3 is 5.97 Å². The van der Waals surface area contributed by atoms with Gasteiger partial charge < -0.3 is 52.1 Å². The van der Waals surface area contributed by atoms with Gasteiger partial charge in [0.15, 0.2) is 12.4 Å². The molecular weight excluding hydrogens is 1120 g/mol. The number of rotatable bonds is 41. The standard InChI is InChI=1S/C74H93N3O12/c1-4-6-7-8-9-10-11-12-13-14-15-16-32-43-64(78)88-72-69(84-52-59-39-28-20-29-40-59)68(83-51-58-37-26-19-27-38-58)70(85-53-60-41-30-21-31-42-60)73(71(72)86-54-61-44-46-62(79-3)47-45-61)89-74-65(76-77-75)67(82-50-57-35-24-18-25-36-57)66(81-48-5-2)63(87-74)55-80-49-56-33-22-17-23-34-56/h5,17-31,33-42,44-47,63,65-74H,2,4,6-16,32,43,48-55H2,1,3H3/t63-,65-,66-,67-,68-,69-,70+,71-,72-,73-,74+/m1/s1. The Balaban J connectivity index is 1.19. The molecule has 11 atom stereocenters. The Morgan fingerprint density at radius 2 is 0.876 bits per heavy atom. The Morgan fingerprint density at radius 3 is 1.31 bits per heavy atom. The lowest BCUT2D eigenvalue weighted by Gasteiger charge is -2.51. The van der Waals surface area contributed by atoms with E-state index in [9.17, 15) is 10.3 Å². The van der Waals surface area contributed by atoms with Crippen molar-refractivity contribution in [3.63, 3.8) is 0 Å². The van der Waals surface area contributed by atoms with Crippen molar-refractivity contribution in [3.05, 3.63) is 232 Å². The highest BCUT2D eigenvalue weighted by Crippen LogP contribution is 2.40. The van der Waals surface area contributed by atoms with Gasteiger partial charge in [-0.3, -0.25) is 4.79 Å². The number of ether oxygens (including phenoxy) is 11. The lowest BCUT2D eigenvalue weighted by Crippen LogP contribution is -2.69. The van der Waals surface area contributed by atoms with Crippen LogP contribution in [-0.2, 0) is 91.8 Å². The normalized spacial score (nSPS) is 22.4. The third-order valence-electron chi connectivity index (χ3n) is 16.3. The molecule has 1 aliphatic carbocycles. The van der Waals surface area contributed by atoms with Gasteiger partial charge in [0.05, 0.1) is 60.0 Å². The van der Waals surface area contributed by atoms with Crippen LogP contribution in [0.25, 0.3) is 10.4 Å². The molecule has 1 saturated heterocycles. The Morgan fingerprint density at radius 1 is 0.483 bits per heavy atom. The monoisotopic (exact) mass is 1220 g/mol. The minimum absolute atomic E-state index is 0.0262. The van der Waals surface area contributed by atoms with Crippen molar-refractivity contribution >= 4 is 5.97 Å². The summed E-state index contributed by atoms with van der Waals surface area (Å²) in [6.07, 6.45) is 6.41. The summed E-state index contributed by atoms with van der Waals surface area (Å²) in [6.45, 7) is 7.18. The van der Waals surface area contributed by atoms with Gasteiger partial charge in [-0.15, -0.1) is 6.58 Å². The van der Waals surface area contributed by atoms with Gasteiger partial charge in [-0.05, 0) is 57.5 Å². The number of hydrogen-bond acceptors (Lipinski definition) is 13. The van der Waals surface area contributed by atoms with Crippen molar-refractivity contribution < 1.29 is 56.9 Å². The predicted molar refractivity (Wildman–Crippen MR) is 344 cm³/mol. The van der Waals surface area contributed by atoms with Gasteiger partial charge in [-0.25, -0.2) is 0 Å². The molecule has 89 heavy (non-hydrogen) atoms. The second-order valence-electron chi connectivity index (χ2n) is 23.0. The van der Waals surface area contributed by atoms with Crippen LogP contribution in [0.1, 0.15) is 130 Å². The van der Waals surface area contributed by atoms with Crippen molar-refractivity contribution in [1.29, 1.82) is 0 Å². The van der Waals surface area contributed by atoms with Crippen LogP contribution in [0, 0.1) is 0 Å². The zero-order chi connectivity index (χ0) is 61.9. The SMILES string of the molecule is C=CCO[C@H]1[C@H](OCc2ccccc2)[C@@H](N=[N+]=[N-])[C@H](O[C@H]2[C@H](OCc3ccc(OC)cc3)[C@H](OC(=O)CCCCCCCCCCCCCCC)[C@H](OCc3ccccc3)[C@@H](OCc3ccccc3)[C@@H]2OCc2ccccc2)O[C@@H]1COCc1ccccc1. The van der Waals surface area contributed by atoms with E-state index in [0.717, 1.165) is 52.6 Å². The maximum atomic E-state index is 14.8. The number of nitrogens with zero attached hydrogens (tertiary/aromatic N) is 3. The first kappa shape index (κ1) is 68.2. The van der Waals surface area contributed by atoms with E-state index in [0.29, 0.717) is 12.2 Å². The van der Waals surface area contributed by atoms with Crippen molar-refractivity contribution in [2.24, 2.45) is 5.11 Å². The summed E-state index contributed by atoms with van der Waals surface area (Å²) in [4.78, 5) is 18.3. The van der Waals surface area contributed by atoms with Crippen molar-refractivity contribution in [2.45, 2.75) is 204 Å². The van der Waals surface area contributed by atoms with E-state index in [2.05, 4.69) is 23.5 Å². The molecule has 0 N–H and O–H groups in total. The van der Waals surface area contributed by atoms with Gasteiger partial charge in [0.25, 0.3) is 0 Å². The summed E-state index contributed by atoms with van der Waals surface area (Å²) in [6, 6.07) is 55.5. The summed E-state index contributed by atoms with van der Waals surface area (Å²) in [5.41, 5.74) is 15.9. The molecule has 476 valence electrons. The van der Waals surface area contributed by atoms with Gasteiger partial charge in [-0.1, -0.05) is 259 Å². The number of esters is 1.